The maximum atomic E-state index is 3.50. The molecule has 4 rings (SSSR count). The monoisotopic (exact) mass is 282 g/mol. The maximum Gasteiger partial charge on any atom is 0.0628 e. The van der Waals surface area contributed by atoms with Crippen molar-refractivity contribution in [1.82, 2.24) is 9.88 Å². The topological polar surface area (TPSA) is 17.0 Å². The summed E-state index contributed by atoms with van der Waals surface area (Å²) in [5.41, 5.74) is 4.42. The smallest absolute Gasteiger partial charge is 0.0628 e. The normalized spacial score (nSPS) is 15.2. The van der Waals surface area contributed by atoms with E-state index in [-0.39, 0.29) is 0 Å². The van der Waals surface area contributed by atoms with Gasteiger partial charge < -0.3 is 9.88 Å². The van der Waals surface area contributed by atoms with Crippen LogP contribution < -0.4 is 5.32 Å². The Morgan fingerprint density at radius 3 is 2.80 bits per heavy atom. The molecule has 0 aliphatic carbocycles. The van der Waals surface area contributed by atoms with Gasteiger partial charge in [-0.1, -0.05) is 30.3 Å². The zero-order valence-electron chi connectivity index (χ0n) is 11.4. The van der Waals surface area contributed by atoms with E-state index >= 15 is 0 Å². The Labute approximate surface area is 123 Å². The number of nitrogens with one attached hydrogen (secondary N) is 1. The average Bonchev–Trinajstić information content (AvgIpc) is 2.93. The zero-order chi connectivity index (χ0) is 13.4. The van der Waals surface area contributed by atoms with E-state index in [1.54, 1.807) is 10.4 Å². The molecule has 1 aliphatic heterocycles. The van der Waals surface area contributed by atoms with Gasteiger partial charge in [-0.05, 0) is 43.1 Å². The first-order valence-corrected chi connectivity index (χ1v) is 8.07. The lowest BCUT2D eigenvalue weighted by atomic mass is 10.1. The second-order valence-electron chi connectivity index (χ2n) is 5.40. The Balaban J connectivity index is 1.78. The zero-order valence-corrected chi connectivity index (χ0v) is 12.2. The van der Waals surface area contributed by atoms with Crippen LogP contribution in [0.3, 0.4) is 0 Å². The molecule has 3 heteroatoms. The molecule has 3 aromatic rings. The molecule has 1 aromatic carbocycles. The molecule has 1 N–H and O–H groups in total. The Bertz CT molecular complexity index is 724. The van der Waals surface area contributed by atoms with Crippen LogP contribution in [0.4, 0.5) is 0 Å². The predicted octanol–water partition coefficient (Wildman–Crippen LogP) is 3.44. The molecule has 0 bridgehead atoms. The van der Waals surface area contributed by atoms with Crippen LogP contribution in [0.15, 0.2) is 42.6 Å². The van der Waals surface area contributed by atoms with E-state index in [0.717, 1.165) is 26.1 Å². The number of nitrogens with zero attached hydrogens (tertiary/aromatic N) is 1. The third-order valence-electron chi connectivity index (χ3n) is 4.06. The van der Waals surface area contributed by atoms with Gasteiger partial charge in [0, 0.05) is 17.6 Å². The summed E-state index contributed by atoms with van der Waals surface area (Å²) in [6.07, 6.45) is 4.58. The Morgan fingerprint density at radius 1 is 1.05 bits per heavy atom. The number of rotatable bonds is 2. The molecule has 3 heterocycles. The molecule has 0 fully saturated rings. The Morgan fingerprint density at radius 2 is 1.90 bits per heavy atom. The van der Waals surface area contributed by atoms with Crippen molar-refractivity contribution < 1.29 is 0 Å². The van der Waals surface area contributed by atoms with Crippen LogP contribution >= 0.6 is 11.3 Å². The quantitative estimate of drug-likeness (QED) is 0.762. The molecule has 0 amide bonds. The van der Waals surface area contributed by atoms with Crippen LogP contribution in [0.25, 0.3) is 10.2 Å². The minimum atomic E-state index is 0.973. The third-order valence-corrected chi connectivity index (χ3v) is 5.30. The average molecular weight is 282 g/mol. The fourth-order valence-electron chi connectivity index (χ4n) is 3.10. The van der Waals surface area contributed by atoms with Gasteiger partial charge in [0.15, 0.2) is 0 Å². The first-order valence-electron chi connectivity index (χ1n) is 7.26. The summed E-state index contributed by atoms with van der Waals surface area (Å²) in [5, 5.41) is 3.50. The van der Waals surface area contributed by atoms with Crippen molar-refractivity contribution in [1.29, 1.82) is 0 Å². The van der Waals surface area contributed by atoms with Crippen molar-refractivity contribution in [3.63, 3.8) is 0 Å². The number of benzene rings is 1. The highest BCUT2D eigenvalue weighted by atomic mass is 32.1. The highest BCUT2D eigenvalue weighted by Gasteiger charge is 2.17. The summed E-state index contributed by atoms with van der Waals surface area (Å²) in [5.74, 6) is 0. The van der Waals surface area contributed by atoms with Crippen LogP contribution in [0.5, 0.6) is 0 Å². The minimum Gasteiger partial charge on any atom is -0.342 e. The lowest BCUT2D eigenvalue weighted by Crippen LogP contribution is -2.16. The maximum absolute atomic E-state index is 3.50. The molecule has 0 unspecified atom stereocenters. The van der Waals surface area contributed by atoms with Gasteiger partial charge >= 0.3 is 0 Å². The fourth-order valence-corrected chi connectivity index (χ4v) is 4.35. The fraction of sp³-hybridized carbons (Fsp3) is 0.294. The number of fused-ring (bicyclic) bond motifs is 3. The van der Waals surface area contributed by atoms with Crippen LogP contribution in [-0.4, -0.2) is 17.7 Å². The minimum absolute atomic E-state index is 0.973. The van der Waals surface area contributed by atoms with Gasteiger partial charge in [0.05, 0.1) is 10.2 Å². The van der Waals surface area contributed by atoms with E-state index in [1.807, 2.05) is 11.3 Å². The summed E-state index contributed by atoms with van der Waals surface area (Å²) < 4.78 is 3.87. The molecule has 0 saturated carbocycles. The van der Waals surface area contributed by atoms with E-state index < -0.39 is 0 Å². The summed E-state index contributed by atoms with van der Waals surface area (Å²) in [7, 11) is 0. The number of hydrogen-bond acceptors (Lipinski definition) is 2. The van der Waals surface area contributed by atoms with Gasteiger partial charge in [-0.2, -0.15) is 0 Å². The Kier molecular flexibility index (Phi) is 3.09. The van der Waals surface area contributed by atoms with E-state index in [4.69, 9.17) is 0 Å². The van der Waals surface area contributed by atoms with Crippen LogP contribution in [-0.2, 0) is 19.4 Å². The highest BCUT2D eigenvalue weighted by molar-refractivity contribution is 7.19. The number of hydrogen-bond donors (Lipinski definition) is 1. The second-order valence-corrected chi connectivity index (χ2v) is 6.53. The van der Waals surface area contributed by atoms with E-state index in [0.29, 0.717) is 0 Å². The summed E-state index contributed by atoms with van der Waals surface area (Å²) in [4.78, 5) is 1.59. The van der Waals surface area contributed by atoms with Gasteiger partial charge in [0.1, 0.15) is 0 Å². The standard InChI is InChI=1S/C17H18N2S/c1-2-4-13(5-3-1)12-19-11-8-16-17(19)14-6-9-18-10-7-15(14)20-16/h1-5,8,11,18H,6-7,9-10,12H2. The molecule has 2 nitrogen and oxygen atoms in total. The molecular formula is C17H18N2S. The van der Waals surface area contributed by atoms with Gasteiger partial charge in [-0.15, -0.1) is 11.3 Å². The van der Waals surface area contributed by atoms with Gasteiger partial charge in [-0.3, -0.25) is 0 Å². The van der Waals surface area contributed by atoms with Crippen molar-refractivity contribution in [2.24, 2.45) is 0 Å². The summed E-state index contributed by atoms with van der Waals surface area (Å²) in [6, 6.07) is 13.0. The van der Waals surface area contributed by atoms with Crippen molar-refractivity contribution in [2.45, 2.75) is 19.4 Å². The highest BCUT2D eigenvalue weighted by Crippen LogP contribution is 2.34. The van der Waals surface area contributed by atoms with Crippen LogP contribution in [0.2, 0.25) is 0 Å². The molecule has 2 aromatic heterocycles. The molecule has 1 aliphatic rings. The molecule has 20 heavy (non-hydrogen) atoms. The van der Waals surface area contributed by atoms with E-state index in [2.05, 4.69) is 52.5 Å². The van der Waals surface area contributed by atoms with E-state index in [9.17, 15) is 0 Å². The molecular weight excluding hydrogens is 264 g/mol. The lowest BCUT2D eigenvalue weighted by molar-refractivity contribution is 0.711. The molecule has 0 spiro atoms. The molecule has 0 atom stereocenters. The second kappa shape index (κ2) is 5.08. The van der Waals surface area contributed by atoms with Crippen molar-refractivity contribution >= 4 is 21.6 Å². The van der Waals surface area contributed by atoms with Crippen molar-refractivity contribution in [2.75, 3.05) is 13.1 Å². The van der Waals surface area contributed by atoms with Crippen molar-refractivity contribution in [3.8, 4) is 0 Å². The molecule has 0 saturated heterocycles. The Hall–Kier alpha value is -1.58. The van der Waals surface area contributed by atoms with Gasteiger partial charge in [0.2, 0.25) is 0 Å². The van der Waals surface area contributed by atoms with Crippen LogP contribution in [0, 0.1) is 0 Å². The predicted molar refractivity (Wildman–Crippen MR) is 85.6 cm³/mol. The first-order chi connectivity index (χ1) is 9.92. The third kappa shape index (κ3) is 2.07. The SMILES string of the molecule is c1ccc(Cn2ccc3sc4c(c32)CCNCC4)cc1. The molecule has 0 radical (unpaired) electrons. The lowest BCUT2D eigenvalue weighted by Gasteiger charge is -2.07. The number of thiophene rings is 1. The first kappa shape index (κ1) is 12.2. The summed E-state index contributed by atoms with van der Waals surface area (Å²) >= 11 is 1.98. The van der Waals surface area contributed by atoms with E-state index in [1.165, 1.54) is 22.2 Å². The van der Waals surface area contributed by atoms with Crippen molar-refractivity contribution in [3.05, 3.63) is 58.6 Å². The summed E-state index contributed by atoms with van der Waals surface area (Å²) in [6.45, 7) is 3.20. The van der Waals surface area contributed by atoms with Gasteiger partial charge in [-0.25, -0.2) is 0 Å². The number of aromatic nitrogens is 1. The largest absolute Gasteiger partial charge is 0.342 e. The van der Waals surface area contributed by atoms with Crippen LogP contribution in [0.1, 0.15) is 16.0 Å². The van der Waals surface area contributed by atoms with Gasteiger partial charge in [0.25, 0.3) is 0 Å². The molecule has 102 valence electrons.